The van der Waals surface area contributed by atoms with Gasteiger partial charge in [0.25, 0.3) is 0 Å². The summed E-state index contributed by atoms with van der Waals surface area (Å²) in [7, 11) is 0. The summed E-state index contributed by atoms with van der Waals surface area (Å²) in [6.07, 6.45) is 10.1. The predicted octanol–water partition coefficient (Wildman–Crippen LogP) is 1.30. The average molecular weight is 180 g/mol. The molecule has 1 fully saturated rings. The molecule has 2 heteroatoms. The van der Waals surface area contributed by atoms with E-state index in [1.165, 1.54) is 32.2 Å². The fourth-order valence-corrected chi connectivity index (χ4v) is 2.36. The van der Waals surface area contributed by atoms with Gasteiger partial charge in [0.15, 0.2) is 0 Å². The molecular formula is C11H20N2. The third-order valence-electron chi connectivity index (χ3n) is 3.19. The SMILES string of the molecule is C1=CC2(CCCCNC2)CNCC1. The van der Waals surface area contributed by atoms with Crippen molar-refractivity contribution < 1.29 is 0 Å². The maximum absolute atomic E-state index is 3.54. The summed E-state index contributed by atoms with van der Waals surface area (Å²) in [4.78, 5) is 0. The lowest BCUT2D eigenvalue weighted by atomic mass is 9.83. The molecule has 2 heterocycles. The van der Waals surface area contributed by atoms with Crippen molar-refractivity contribution in [3.05, 3.63) is 12.2 Å². The van der Waals surface area contributed by atoms with E-state index in [0.29, 0.717) is 5.41 Å². The van der Waals surface area contributed by atoms with Gasteiger partial charge in [0.2, 0.25) is 0 Å². The van der Waals surface area contributed by atoms with Crippen LogP contribution in [0.5, 0.6) is 0 Å². The Labute approximate surface area is 80.8 Å². The highest BCUT2D eigenvalue weighted by Gasteiger charge is 2.28. The third-order valence-corrected chi connectivity index (χ3v) is 3.19. The second-order valence-corrected chi connectivity index (χ2v) is 4.36. The Bertz CT molecular complexity index is 179. The van der Waals surface area contributed by atoms with Crippen molar-refractivity contribution in [1.82, 2.24) is 10.6 Å². The lowest BCUT2D eigenvalue weighted by molar-refractivity contribution is 0.335. The van der Waals surface area contributed by atoms with Crippen LogP contribution in [-0.4, -0.2) is 26.2 Å². The number of hydrogen-bond acceptors (Lipinski definition) is 2. The molecule has 0 bridgehead atoms. The van der Waals surface area contributed by atoms with Crippen molar-refractivity contribution in [2.45, 2.75) is 25.7 Å². The smallest absolute Gasteiger partial charge is 0.0131 e. The zero-order valence-corrected chi connectivity index (χ0v) is 8.31. The molecule has 0 radical (unpaired) electrons. The summed E-state index contributed by atoms with van der Waals surface area (Å²) in [5.41, 5.74) is 0.424. The van der Waals surface area contributed by atoms with Crippen LogP contribution in [0.3, 0.4) is 0 Å². The van der Waals surface area contributed by atoms with Gasteiger partial charge in [-0.15, -0.1) is 0 Å². The van der Waals surface area contributed by atoms with E-state index in [9.17, 15) is 0 Å². The highest BCUT2D eigenvalue weighted by atomic mass is 14.9. The zero-order chi connectivity index (χ0) is 8.99. The Morgan fingerprint density at radius 3 is 2.77 bits per heavy atom. The van der Waals surface area contributed by atoms with Crippen molar-refractivity contribution in [2.24, 2.45) is 5.41 Å². The van der Waals surface area contributed by atoms with Crippen LogP contribution in [0.15, 0.2) is 12.2 Å². The Morgan fingerprint density at radius 2 is 1.85 bits per heavy atom. The molecule has 13 heavy (non-hydrogen) atoms. The van der Waals surface area contributed by atoms with Gasteiger partial charge in [0, 0.05) is 18.5 Å². The minimum Gasteiger partial charge on any atom is -0.316 e. The summed E-state index contributed by atoms with van der Waals surface area (Å²) in [6.45, 7) is 4.68. The maximum Gasteiger partial charge on any atom is 0.0131 e. The largest absolute Gasteiger partial charge is 0.316 e. The van der Waals surface area contributed by atoms with Crippen LogP contribution in [0.25, 0.3) is 0 Å². The van der Waals surface area contributed by atoms with Crippen LogP contribution in [0.4, 0.5) is 0 Å². The fourth-order valence-electron chi connectivity index (χ4n) is 2.36. The molecule has 2 aliphatic heterocycles. The quantitative estimate of drug-likeness (QED) is 0.549. The summed E-state index contributed by atoms with van der Waals surface area (Å²) in [5, 5.41) is 7.08. The fraction of sp³-hybridized carbons (Fsp3) is 0.818. The maximum atomic E-state index is 3.54. The van der Waals surface area contributed by atoms with E-state index in [0.717, 1.165) is 19.6 Å². The van der Waals surface area contributed by atoms with E-state index in [1.54, 1.807) is 0 Å². The van der Waals surface area contributed by atoms with Crippen molar-refractivity contribution in [2.75, 3.05) is 26.2 Å². The normalized spacial score (nSPS) is 35.7. The summed E-state index contributed by atoms with van der Waals surface area (Å²) >= 11 is 0. The first-order valence-electron chi connectivity index (χ1n) is 5.51. The Balaban J connectivity index is 2.05. The van der Waals surface area contributed by atoms with Gasteiger partial charge in [0.1, 0.15) is 0 Å². The molecular weight excluding hydrogens is 160 g/mol. The summed E-state index contributed by atoms with van der Waals surface area (Å²) in [5.74, 6) is 0. The van der Waals surface area contributed by atoms with Gasteiger partial charge in [-0.25, -0.2) is 0 Å². The standard InChI is InChI=1S/C11H20N2/c1-3-7-12-9-11(5-1)6-2-4-8-13-10-11/h1,5,12-13H,2-4,6-10H2. The number of nitrogens with one attached hydrogen (secondary N) is 2. The molecule has 1 saturated heterocycles. The second-order valence-electron chi connectivity index (χ2n) is 4.36. The van der Waals surface area contributed by atoms with E-state index in [4.69, 9.17) is 0 Å². The highest BCUT2D eigenvalue weighted by Crippen LogP contribution is 2.28. The van der Waals surface area contributed by atoms with Crippen LogP contribution < -0.4 is 10.6 Å². The summed E-state index contributed by atoms with van der Waals surface area (Å²) in [6, 6.07) is 0. The van der Waals surface area contributed by atoms with Gasteiger partial charge >= 0.3 is 0 Å². The van der Waals surface area contributed by atoms with Crippen LogP contribution >= 0.6 is 0 Å². The minimum absolute atomic E-state index is 0.424. The van der Waals surface area contributed by atoms with E-state index >= 15 is 0 Å². The number of rotatable bonds is 0. The average Bonchev–Trinajstić information content (AvgIpc) is 2.50. The monoisotopic (exact) mass is 180 g/mol. The number of hydrogen-bond donors (Lipinski definition) is 2. The molecule has 2 aliphatic rings. The van der Waals surface area contributed by atoms with Gasteiger partial charge in [-0.1, -0.05) is 18.6 Å². The van der Waals surface area contributed by atoms with Gasteiger partial charge in [-0.2, -0.15) is 0 Å². The minimum atomic E-state index is 0.424. The van der Waals surface area contributed by atoms with Crippen molar-refractivity contribution in [3.8, 4) is 0 Å². The Hall–Kier alpha value is -0.340. The second kappa shape index (κ2) is 4.25. The molecule has 0 amide bonds. The van der Waals surface area contributed by atoms with Crippen LogP contribution in [-0.2, 0) is 0 Å². The lowest BCUT2D eigenvalue weighted by Gasteiger charge is -2.28. The molecule has 0 aliphatic carbocycles. The first kappa shape index (κ1) is 9.22. The van der Waals surface area contributed by atoms with Gasteiger partial charge in [0.05, 0.1) is 0 Å². The zero-order valence-electron chi connectivity index (χ0n) is 8.31. The van der Waals surface area contributed by atoms with Crippen molar-refractivity contribution >= 4 is 0 Å². The first-order chi connectivity index (χ1) is 6.41. The first-order valence-corrected chi connectivity index (χ1v) is 5.51. The predicted molar refractivity (Wildman–Crippen MR) is 55.8 cm³/mol. The van der Waals surface area contributed by atoms with E-state index in [1.807, 2.05) is 0 Å². The molecule has 2 nitrogen and oxygen atoms in total. The lowest BCUT2D eigenvalue weighted by Crippen LogP contribution is -2.39. The molecule has 1 atom stereocenters. The van der Waals surface area contributed by atoms with Crippen LogP contribution in [0.2, 0.25) is 0 Å². The van der Waals surface area contributed by atoms with Crippen molar-refractivity contribution in [3.63, 3.8) is 0 Å². The molecule has 0 saturated carbocycles. The third kappa shape index (κ3) is 2.32. The van der Waals surface area contributed by atoms with E-state index in [2.05, 4.69) is 22.8 Å². The molecule has 1 spiro atoms. The molecule has 0 aromatic carbocycles. The van der Waals surface area contributed by atoms with E-state index in [-0.39, 0.29) is 0 Å². The molecule has 0 aromatic rings. The van der Waals surface area contributed by atoms with Crippen molar-refractivity contribution in [1.29, 1.82) is 0 Å². The van der Waals surface area contributed by atoms with Gasteiger partial charge in [-0.05, 0) is 32.4 Å². The molecule has 1 unspecified atom stereocenters. The molecule has 2 rings (SSSR count). The highest BCUT2D eigenvalue weighted by molar-refractivity contribution is 5.05. The van der Waals surface area contributed by atoms with Gasteiger partial charge < -0.3 is 10.6 Å². The molecule has 0 aromatic heterocycles. The Kier molecular flexibility index (Phi) is 3.01. The van der Waals surface area contributed by atoms with Crippen LogP contribution in [0, 0.1) is 5.41 Å². The van der Waals surface area contributed by atoms with E-state index < -0.39 is 0 Å². The summed E-state index contributed by atoms with van der Waals surface area (Å²) < 4.78 is 0. The topological polar surface area (TPSA) is 24.1 Å². The molecule has 2 N–H and O–H groups in total. The van der Waals surface area contributed by atoms with Crippen LogP contribution in [0.1, 0.15) is 25.7 Å². The Morgan fingerprint density at radius 1 is 1.00 bits per heavy atom. The van der Waals surface area contributed by atoms with Gasteiger partial charge in [-0.3, -0.25) is 0 Å². The molecule has 74 valence electrons.